The summed E-state index contributed by atoms with van der Waals surface area (Å²) >= 11 is 0. The number of nitrogens with one attached hydrogen (secondary N) is 1. The Kier molecular flexibility index (Phi) is 14.3. The minimum atomic E-state index is -0.973. The molecule has 3 N–H and O–H groups in total. The number of hydrogen-bond acceptors (Lipinski definition) is 6. The van der Waals surface area contributed by atoms with E-state index >= 15 is 0 Å². The van der Waals surface area contributed by atoms with Crippen LogP contribution in [0.15, 0.2) is 66.7 Å². The number of unbranched alkanes of at least 4 members (excludes halogenated alkanes) is 7. The lowest BCUT2D eigenvalue weighted by atomic mass is 10.0. The molecule has 0 aliphatic heterocycles. The number of rotatable bonds is 17. The Morgan fingerprint density at radius 2 is 1.46 bits per heavy atom. The minimum absolute atomic E-state index is 0.0127. The monoisotopic (exact) mass is 539 g/mol. The van der Waals surface area contributed by atoms with Gasteiger partial charge in [-0.3, -0.25) is 4.79 Å². The Bertz CT molecular complexity index is 998. The van der Waals surface area contributed by atoms with E-state index in [0.29, 0.717) is 17.7 Å². The fourth-order valence-electron chi connectivity index (χ4n) is 3.96. The summed E-state index contributed by atoms with van der Waals surface area (Å²) < 4.78 is 11.0. The number of benzene rings is 2. The molecule has 7 heteroatoms. The number of carbonyl (C=O) groups excluding carboxylic acids is 2. The van der Waals surface area contributed by atoms with Crippen LogP contribution in [0.5, 0.6) is 5.75 Å². The zero-order chi connectivity index (χ0) is 28.5. The van der Waals surface area contributed by atoms with Gasteiger partial charge in [-0.15, -0.1) is 0 Å². The van der Waals surface area contributed by atoms with E-state index < -0.39 is 23.8 Å². The first-order valence-electron chi connectivity index (χ1n) is 14.0. The first-order chi connectivity index (χ1) is 18.7. The van der Waals surface area contributed by atoms with Crippen LogP contribution < -0.4 is 10.1 Å². The zero-order valence-electron chi connectivity index (χ0n) is 23.6. The van der Waals surface area contributed by atoms with Gasteiger partial charge in [0.25, 0.3) is 0 Å². The zero-order valence-corrected chi connectivity index (χ0v) is 23.6. The lowest BCUT2D eigenvalue weighted by Crippen LogP contribution is -2.47. The number of hydrogen-bond donors (Lipinski definition) is 3. The summed E-state index contributed by atoms with van der Waals surface area (Å²) in [5, 5.41) is 22.2. The fraction of sp³-hybridized carbons (Fsp3) is 0.500. The van der Waals surface area contributed by atoms with Gasteiger partial charge in [0.2, 0.25) is 0 Å². The van der Waals surface area contributed by atoms with E-state index in [-0.39, 0.29) is 12.4 Å². The topological polar surface area (TPSA) is 105 Å². The van der Waals surface area contributed by atoms with Crippen molar-refractivity contribution in [2.45, 2.75) is 89.9 Å². The van der Waals surface area contributed by atoms with Crippen molar-refractivity contribution < 1.29 is 29.3 Å². The van der Waals surface area contributed by atoms with Crippen LogP contribution in [0.3, 0.4) is 0 Å². The molecule has 2 aromatic rings. The molecule has 2 atom stereocenters. The molecular formula is C32H45NO6. The molecule has 2 rings (SSSR count). The van der Waals surface area contributed by atoms with Gasteiger partial charge in [-0.2, -0.15) is 0 Å². The quantitative estimate of drug-likeness (QED) is 0.125. The molecule has 1 amide bonds. The highest BCUT2D eigenvalue weighted by Crippen LogP contribution is 2.16. The van der Waals surface area contributed by atoms with E-state index in [2.05, 4.69) is 5.32 Å². The standard InChI is InChI=1S/C32H45NO6/c1-32(2,3)39-31(37)33-28(24-34)29(35)18-14-9-7-5-4-6-8-10-15-23-38-27-21-19-26(20-22-27)30(36)25-16-12-11-13-17-25/h11-14,16-22,28-29,34-35H,4-10,15,23-24H2,1-3H3,(H,33,37)/b18-14+/t28-,29+/m0/s1. The molecule has 0 heterocycles. The predicted octanol–water partition coefficient (Wildman–Crippen LogP) is 6.22. The molecule has 0 aliphatic carbocycles. The smallest absolute Gasteiger partial charge is 0.408 e. The Hall–Kier alpha value is -3.16. The predicted molar refractivity (Wildman–Crippen MR) is 154 cm³/mol. The van der Waals surface area contributed by atoms with Crippen molar-refractivity contribution in [1.29, 1.82) is 0 Å². The summed E-state index contributed by atoms with van der Waals surface area (Å²) in [6.07, 6.45) is 10.5. The van der Waals surface area contributed by atoms with Crippen molar-refractivity contribution in [3.05, 3.63) is 77.9 Å². The fourth-order valence-corrected chi connectivity index (χ4v) is 3.96. The maximum atomic E-state index is 12.5. The van der Waals surface area contributed by atoms with Gasteiger partial charge in [-0.25, -0.2) is 4.79 Å². The van der Waals surface area contributed by atoms with E-state index in [1.807, 2.05) is 60.7 Å². The van der Waals surface area contributed by atoms with Crippen molar-refractivity contribution in [2.24, 2.45) is 0 Å². The van der Waals surface area contributed by atoms with Gasteiger partial charge in [-0.05, 0) is 64.3 Å². The molecule has 0 radical (unpaired) electrons. The molecule has 0 aromatic heterocycles. The molecule has 0 bridgehead atoms. The third kappa shape index (κ3) is 13.5. The van der Waals surface area contributed by atoms with Crippen LogP contribution in [0, 0.1) is 0 Å². The molecule has 0 unspecified atom stereocenters. The maximum Gasteiger partial charge on any atom is 0.408 e. The Morgan fingerprint density at radius 3 is 2.08 bits per heavy atom. The SMILES string of the molecule is CC(C)(C)OC(=O)N[C@@H](CO)[C@H](O)/C=C/CCCCCCCCCOc1ccc(C(=O)c2ccccc2)cc1. The van der Waals surface area contributed by atoms with E-state index in [0.717, 1.165) is 50.7 Å². The van der Waals surface area contributed by atoms with Gasteiger partial charge < -0.3 is 25.0 Å². The average Bonchev–Trinajstić information content (AvgIpc) is 2.91. The molecule has 39 heavy (non-hydrogen) atoms. The van der Waals surface area contributed by atoms with Crippen molar-refractivity contribution in [3.63, 3.8) is 0 Å². The van der Waals surface area contributed by atoms with Crippen LogP contribution in [-0.2, 0) is 4.74 Å². The normalized spacial score (nSPS) is 13.2. The summed E-state index contributed by atoms with van der Waals surface area (Å²) in [4.78, 5) is 24.3. The van der Waals surface area contributed by atoms with E-state index in [1.165, 1.54) is 6.42 Å². The second-order valence-corrected chi connectivity index (χ2v) is 10.7. The average molecular weight is 540 g/mol. The van der Waals surface area contributed by atoms with Gasteiger partial charge in [0, 0.05) is 11.1 Å². The number of alkyl carbamates (subject to hydrolysis) is 1. The first kappa shape index (κ1) is 32.1. The summed E-state index contributed by atoms with van der Waals surface area (Å²) in [5.74, 6) is 0.794. The van der Waals surface area contributed by atoms with E-state index in [4.69, 9.17) is 9.47 Å². The number of aliphatic hydroxyl groups excluding tert-OH is 2. The largest absolute Gasteiger partial charge is 0.494 e. The minimum Gasteiger partial charge on any atom is -0.494 e. The maximum absolute atomic E-state index is 12.5. The second kappa shape index (κ2) is 17.4. The van der Waals surface area contributed by atoms with Crippen LogP contribution in [0.25, 0.3) is 0 Å². The van der Waals surface area contributed by atoms with E-state index in [1.54, 1.807) is 26.8 Å². The number of amides is 1. The van der Waals surface area contributed by atoms with Crippen LogP contribution in [0.4, 0.5) is 4.79 Å². The van der Waals surface area contributed by atoms with Crippen LogP contribution in [0.2, 0.25) is 0 Å². The summed E-state index contributed by atoms with van der Waals surface area (Å²) in [7, 11) is 0. The molecule has 2 aromatic carbocycles. The van der Waals surface area contributed by atoms with Crippen molar-refractivity contribution in [2.75, 3.05) is 13.2 Å². The summed E-state index contributed by atoms with van der Waals surface area (Å²) in [5.41, 5.74) is 0.699. The number of ketones is 1. The lowest BCUT2D eigenvalue weighted by molar-refractivity contribution is 0.0405. The van der Waals surface area contributed by atoms with Gasteiger partial charge in [0.05, 0.1) is 25.4 Å². The van der Waals surface area contributed by atoms with Gasteiger partial charge in [-0.1, -0.05) is 74.6 Å². The summed E-state index contributed by atoms with van der Waals surface area (Å²) in [6.45, 7) is 5.55. The van der Waals surface area contributed by atoms with Crippen LogP contribution in [0.1, 0.15) is 88.1 Å². The number of aliphatic hydroxyl groups is 2. The third-order valence-corrected chi connectivity index (χ3v) is 6.08. The first-order valence-corrected chi connectivity index (χ1v) is 14.0. The van der Waals surface area contributed by atoms with Crippen LogP contribution >= 0.6 is 0 Å². The summed E-state index contributed by atoms with van der Waals surface area (Å²) in [6, 6.07) is 15.8. The van der Waals surface area contributed by atoms with Crippen molar-refractivity contribution in [1.82, 2.24) is 5.32 Å². The Labute approximate surface area is 233 Å². The molecule has 214 valence electrons. The highest BCUT2D eigenvalue weighted by atomic mass is 16.6. The molecule has 7 nitrogen and oxygen atoms in total. The Morgan fingerprint density at radius 1 is 0.872 bits per heavy atom. The molecule has 0 saturated carbocycles. The lowest BCUT2D eigenvalue weighted by Gasteiger charge is -2.24. The number of carbonyl (C=O) groups is 2. The number of allylic oxidation sites excluding steroid dienone is 1. The Balaban J connectivity index is 1.49. The molecule has 0 aliphatic rings. The molecular weight excluding hydrogens is 494 g/mol. The van der Waals surface area contributed by atoms with Gasteiger partial charge >= 0.3 is 6.09 Å². The molecule has 0 spiro atoms. The number of ether oxygens (including phenoxy) is 2. The van der Waals surface area contributed by atoms with Crippen LogP contribution in [-0.4, -0.2) is 53.1 Å². The molecule has 0 fully saturated rings. The third-order valence-electron chi connectivity index (χ3n) is 6.08. The highest BCUT2D eigenvalue weighted by Gasteiger charge is 2.22. The van der Waals surface area contributed by atoms with Crippen molar-refractivity contribution >= 4 is 11.9 Å². The second-order valence-electron chi connectivity index (χ2n) is 10.7. The van der Waals surface area contributed by atoms with Crippen molar-refractivity contribution in [3.8, 4) is 5.75 Å². The van der Waals surface area contributed by atoms with E-state index in [9.17, 15) is 19.8 Å². The van der Waals surface area contributed by atoms with Gasteiger partial charge in [0.1, 0.15) is 11.4 Å². The highest BCUT2D eigenvalue weighted by molar-refractivity contribution is 6.08. The molecule has 0 saturated heterocycles. The van der Waals surface area contributed by atoms with Gasteiger partial charge in [0.15, 0.2) is 5.78 Å².